The summed E-state index contributed by atoms with van der Waals surface area (Å²) in [5.74, 6) is 0.903. The quantitative estimate of drug-likeness (QED) is 0.881. The van der Waals surface area contributed by atoms with Gasteiger partial charge in [0.15, 0.2) is 0 Å². The maximum atomic E-state index is 10.0. The van der Waals surface area contributed by atoms with Crippen molar-refractivity contribution in [1.82, 2.24) is 5.32 Å². The number of methoxy groups -OCH3 is 1. The Morgan fingerprint density at radius 3 is 2.82 bits per heavy atom. The number of ether oxygens (including phenoxy) is 2. The third-order valence-electron chi connectivity index (χ3n) is 4.68. The monoisotopic (exact) mass is 306 g/mol. The number of hydrogen-bond donors (Lipinski definition) is 2. The third kappa shape index (κ3) is 3.72. The van der Waals surface area contributed by atoms with Crippen LogP contribution < -0.4 is 15.0 Å². The van der Waals surface area contributed by atoms with Gasteiger partial charge in [0, 0.05) is 37.5 Å². The summed E-state index contributed by atoms with van der Waals surface area (Å²) in [5, 5.41) is 13.6. The second kappa shape index (κ2) is 7.31. The topological polar surface area (TPSA) is 54.0 Å². The lowest BCUT2D eigenvalue weighted by atomic mass is 10.00. The van der Waals surface area contributed by atoms with Gasteiger partial charge in [-0.15, -0.1) is 0 Å². The van der Waals surface area contributed by atoms with E-state index in [1.807, 2.05) is 12.1 Å². The van der Waals surface area contributed by atoms with E-state index < -0.39 is 0 Å². The van der Waals surface area contributed by atoms with Crippen molar-refractivity contribution in [1.29, 1.82) is 0 Å². The lowest BCUT2D eigenvalue weighted by molar-refractivity contribution is -0.0198. The number of hydrogen-bond acceptors (Lipinski definition) is 5. The Morgan fingerprint density at radius 1 is 1.27 bits per heavy atom. The molecule has 122 valence electrons. The molecule has 2 saturated heterocycles. The normalized spacial score (nSPS) is 26.9. The molecular weight excluding hydrogens is 280 g/mol. The molecule has 1 aromatic rings. The van der Waals surface area contributed by atoms with Crippen molar-refractivity contribution in [3.63, 3.8) is 0 Å². The maximum absolute atomic E-state index is 10.0. The van der Waals surface area contributed by atoms with E-state index in [2.05, 4.69) is 22.3 Å². The van der Waals surface area contributed by atoms with E-state index in [4.69, 9.17) is 9.47 Å². The van der Waals surface area contributed by atoms with Crippen LogP contribution in [-0.4, -0.2) is 56.7 Å². The summed E-state index contributed by atoms with van der Waals surface area (Å²) in [5.41, 5.74) is 1.22. The van der Waals surface area contributed by atoms with E-state index in [9.17, 15) is 5.11 Å². The standard InChI is InChI=1S/C17H26N2O3/c1-21-15-4-2-3-14(11-15)19-8-5-13(6-9-19)18-16-12-22-10-7-17(16)20/h2-4,11,13,16-18,20H,5-10,12H2,1H3/t16-,17-/m1/s1. The van der Waals surface area contributed by atoms with E-state index >= 15 is 0 Å². The summed E-state index contributed by atoms with van der Waals surface area (Å²) < 4.78 is 10.8. The van der Waals surface area contributed by atoms with Crippen LogP contribution in [-0.2, 0) is 4.74 Å². The van der Waals surface area contributed by atoms with Crippen molar-refractivity contribution < 1.29 is 14.6 Å². The predicted octanol–water partition coefficient (Wildman–Crippen LogP) is 1.40. The first-order valence-electron chi connectivity index (χ1n) is 8.17. The largest absolute Gasteiger partial charge is 0.497 e. The molecule has 2 aliphatic heterocycles. The van der Waals surface area contributed by atoms with Crippen LogP contribution in [0.25, 0.3) is 0 Å². The highest BCUT2D eigenvalue weighted by atomic mass is 16.5. The molecule has 2 fully saturated rings. The van der Waals surface area contributed by atoms with Crippen LogP contribution in [0.2, 0.25) is 0 Å². The number of benzene rings is 1. The fourth-order valence-corrected chi connectivity index (χ4v) is 3.30. The average molecular weight is 306 g/mol. The van der Waals surface area contributed by atoms with Crippen LogP contribution in [0, 0.1) is 0 Å². The van der Waals surface area contributed by atoms with E-state index in [1.165, 1.54) is 5.69 Å². The molecule has 0 saturated carbocycles. The second-order valence-corrected chi connectivity index (χ2v) is 6.17. The van der Waals surface area contributed by atoms with E-state index in [0.29, 0.717) is 19.3 Å². The predicted molar refractivity (Wildman–Crippen MR) is 86.6 cm³/mol. The average Bonchev–Trinajstić information content (AvgIpc) is 2.58. The zero-order valence-electron chi connectivity index (χ0n) is 13.2. The molecule has 0 radical (unpaired) electrons. The Kier molecular flexibility index (Phi) is 5.18. The summed E-state index contributed by atoms with van der Waals surface area (Å²) in [6.45, 7) is 3.34. The summed E-state index contributed by atoms with van der Waals surface area (Å²) in [7, 11) is 1.70. The van der Waals surface area contributed by atoms with Gasteiger partial charge in [-0.3, -0.25) is 0 Å². The SMILES string of the molecule is COc1cccc(N2CCC(N[C@@H]3COCC[C@H]3O)CC2)c1. The van der Waals surface area contributed by atoms with Gasteiger partial charge < -0.3 is 24.8 Å². The zero-order valence-corrected chi connectivity index (χ0v) is 13.2. The van der Waals surface area contributed by atoms with Crippen LogP contribution in [0.3, 0.4) is 0 Å². The molecule has 1 aromatic carbocycles. The van der Waals surface area contributed by atoms with Crippen molar-refractivity contribution in [2.75, 3.05) is 38.3 Å². The highest BCUT2D eigenvalue weighted by molar-refractivity contribution is 5.51. The van der Waals surface area contributed by atoms with E-state index in [1.54, 1.807) is 7.11 Å². The molecule has 0 unspecified atom stereocenters. The Morgan fingerprint density at radius 2 is 2.09 bits per heavy atom. The van der Waals surface area contributed by atoms with Gasteiger partial charge in [-0.25, -0.2) is 0 Å². The fourth-order valence-electron chi connectivity index (χ4n) is 3.30. The molecule has 22 heavy (non-hydrogen) atoms. The van der Waals surface area contributed by atoms with Gasteiger partial charge in [-0.1, -0.05) is 6.07 Å². The Hall–Kier alpha value is -1.30. The van der Waals surface area contributed by atoms with E-state index in [0.717, 1.165) is 38.1 Å². The van der Waals surface area contributed by atoms with Gasteiger partial charge in [0.05, 0.1) is 25.9 Å². The molecule has 5 heteroatoms. The van der Waals surface area contributed by atoms with Crippen molar-refractivity contribution in [3.05, 3.63) is 24.3 Å². The lowest BCUT2D eigenvalue weighted by Crippen LogP contribution is -2.53. The molecule has 5 nitrogen and oxygen atoms in total. The number of nitrogens with zero attached hydrogens (tertiary/aromatic N) is 1. The third-order valence-corrected chi connectivity index (χ3v) is 4.68. The van der Waals surface area contributed by atoms with Crippen molar-refractivity contribution >= 4 is 5.69 Å². The maximum Gasteiger partial charge on any atom is 0.120 e. The van der Waals surface area contributed by atoms with Gasteiger partial charge in [-0.05, 0) is 31.4 Å². The minimum absolute atomic E-state index is 0.0853. The van der Waals surface area contributed by atoms with Crippen LogP contribution in [0.15, 0.2) is 24.3 Å². The Balaban J connectivity index is 1.51. The fraction of sp³-hybridized carbons (Fsp3) is 0.647. The number of piperidine rings is 1. The molecule has 0 aromatic heterocycles. The van der Waals surface area contributed by atoms with Crippen molar-refractivity contribution in [2.45, 2.75) is 37.5 Å². The second-order valence-electron chi connectivity index (χ2n) is 6.17. The molecule has 2 aliphatic rings. The van der Waals surface area contributed by atoms with Crippen LogP contribution in [0.4, 0.5) is 5.69 Å². The molecule has 0 amide bonds. The minimum atomic E-state index is -0.273. The first-order chi connectivity index (χ1) is 10.8. The molecule has 0 bridgehead atoms. The number of rotatable bonds is 4. The molecule has 3 rings (SSSR count). The highest BCUT2D eigenvalue weighted by Gasteiger charge is 2.28. The summed E-state index contributed by atoms with van der Waals surface area (Å²) >= 11 is 0. The molecule has 2 atom stereocenters. The van der Waals surface area contributed by atoms with Crippen LogP contribution in [0.5, 0.6) is 5.75 Å². The number of aliphatic hydroxyl groups excluding tert-OH is 1. The van der Waals surface area contributed by atoms with E-state index in [-0.39, 0.29) is 12.1 Å². The number of nitrogens with one attached hydrogen (secondary N) is 1. The smallest absolute Gasteiger partial charge is 0.120 e. The number of anilines is 1. The van der Waals surface area contributed by atoms with Crippen molar-refractivity contribution in [3.8, 4) is 5.75 Å². The van der Waals surface area contributed by atoms with Gasteiger partial charge in [0.25, 0.3) is 0 Å². The first-order valence-corrected chi connectivity index (χ1v) is 8.17. The van der Waals surface area contributed by atoms with Crippen LogP contribution >= 0.6 is 0 Å². The molecular formula is C17H26N2O3. The summed E-state index contributed by atoms with van der Waals surface area (Å²) in [6, 6.07) is 8.78. The zero-order chi connectivity index (χ0) is 15.4. The van der Waals surface area contributed by atoms with Crippen LogP contribution in [0.1, 0.15) is 19.3 Å². The van der Waals surface area contributed by atoms with Gasteiger partial charge in [0.2, 0.25) is 0 Å². The summed E-state index contributed by atoms with van der Waals surface area (Å²) in [4.78, 5) is 2.40. The lowest BCUT2D eigenvalue weighted by Gasteiger charge is -2.38. The molecule has 0 aliphatic carbocycles. The summed E-state index contributed by atoms with van der Waals surface area (Å²) in [6.07, 6.45) is 2.63. The first kappa shape index (κ1) is 15.6. The minimum Gasteiger partial charge on any atom is -0.497 e. The van der Waals surface area contributed by atoms with Gasteiger partial charge in [-0.2, -0.15) is 0 Å². The molecule has 0 spiro atoms. The van der Waals surface area contributed by atoms with Gasteiger partial charge >= 0.3 is 0 Å². The number of aliphatic hydroxyl groups is 1. The Bertz CT molecular complexity index is 475. The van der Waals surface area contributed by atoms with Crippen molar-refractivity contribution in [2.24, 2.45) is 0 Å². The highest BCUT2D eigenvalue weighted by Crippen LogP contribution is 2.24. The molecule has 2 N–H and O–H groups in total. The van der Waals surface area contributed by atoms with Gasteiger partial charge in [0.1, 0.15) is 5.75 Å². The Labute approximate surface area is 132 Å². The molecule has 2 heterocycles.